The van der Waals surface area contributed by atoms with Gasteiger partial charge in [0.1, 0.15) is 0 Å². The molecular weight excluding hydrogens is 272 g/mol. The molecule has 1 saturated carbocycles. The predicted molar refractivity (Wildman–Crippen MR) is 75.7 cm³/mol. The Balaban J connectivity index is 1.96. The van der Waals surface area contributed by atoms with Crippen molar-refractivity contribution in [3.05, 3.63) is 0 Å². The summed E-state index contributed by atoms with van der Waals surface area (Å²) in [5, 5.41) is 4.30. The quantitative estimate of drug-likeness (QED) is 0.527. The van der Waals surface area contributed by atoms with Crippen molar-refractivity contribution in [1.29, 1.82) is 0 Å². The standard InChI is InChI=1S/C16H26O5/c1-2-3-4-5-6-8-11-16-12-9-7-10-13(16)14(17)19-21-20-15(16)18/h13H,2-12H2,1H3. The molecule has 1 saturated heterocycles. The van der Waals surface area contributed by atoms with E-state index in [-0.39, 0.29) is 0 Å². The van der Waals surface area contributed by atoms with Gasteiger partial charge < -0.3 is 0 Å². The zero-order valence-corrected chi connectivity index (χ0v) is 12.9. The molecule has 0 bridgehead atoms. The number of hydrogen-bond acceptors (Lipinski definition) is 5. The summed E-state index contributed by atoms with van der Waals surface area (Å²) in [5.41, 5.74) is -0.726. The van der Waals surface area contributed by atoms with Gasteiger partial charge in [0.25, 0.3) is 0 Å². The van der Waals surface area contributed by atoms with Crippen molar-refractivity contribution >= 4 is 11.9 Å². The molecule has 1 heterocycles. The average molecular weight is 298 g/mol. The molecule has 1 aliphatic heterocycles. The van der Waals surface area contributed by atoms with Crippen molar-refractivity contribution < 1.29 is 24.4 Å². The van der Waals surface area contributed by atoms with E-state index in [1.54, 1.807) is 0 Å². The third-order valence-corrected chi connectivity index (χ3v) is 4.93. The van der Waals surface area contributed by atoms with Gasteiger partial charge in [-0.05, 0) is 19.3 Å². The topological polar surface area (TPSA) is 61.8 Å². The Morgan fingerprint density at radius 3 is 2.62 bits per heavy atom. The Morgan fingerprint density at radius 2 is 1.81 bits per heavy atom. The minimum absolute atomic E-state index is 0.406. The van der Waals surface area contributed by atoms with Crippen molar-refractivity contribution in [2.75, 3.05) is 0 Å². The highest BCUT2D eigenvalue weighted by molar-refractivity contribution is 5.86. The van der Waals surface area contributed by atoms with Gasteiger partial charge >= 0.3 is 11.9 Å². The van der Waals surface area contributed by atoms with Gasteiger partial charge in [0.15, 0.2) is 0 Å². The van der Waals surface area contributed by atoms with Crippen LogP contribution < -0.4 is 0 Å². The summed E-state index contributed by atoms with van der Waals surface area (Å²) < 4.78 is 0. The number of fused-ring (bicyclic) bond motifs is 1. The van der Waals surface area contributed by atoms with Crippen LogP contribution in [0.15, 0.2) is 0 Å². The summed E-state index contributed by atoms with van der Waals surface area (Å²) in [4.78, 5) is 33.5. The van der Waals surface area contributed by atoms with Crippen LogP contribution in [0.4, 0.5) is 0 Å². The second-order valence-corrected chi connectivity index (χ2v) is 6.31. The normalized spacial score (nSPS) is 29.3. The fraction of sp³-hybridized carbons (Fsp3) is 0.875. The summed E-state index contributed by atoms with van der Waals surface area (Å²) in [7, 11) is 0. The molecule has 0 radical (unpaired) electrons. The first-order valence-corrected chi connectivity index (χ1v) is 8.30. The summed E-state index contributed by atoms with van der Waals surface area (Å²) in [5.74, 6) is -1.28. The first-order chi connectivity index (χ1) is 10.2. The van der Waals surface area contributed by atoms with E-state index >= 15 is 0 Å². The van der Waals surface area contributed by atoms with Crippen molar-refractivity contribution in [2.24, 2.45) is 11.3 Å². The lowest BCUT2D eigenvalue weighted by Crippen LogP contribution is -2.44. The minimum Gasteiger partial charge on any atom is -0.259 e. The molecule has 0 N–H and O–H groups in total. The third-order valence-electron chi connectivity index (χ3n) is 4.93. The first-order valence-electron chi connectivity index (χ1n) is 8.30. The van der Waals surface area contributed by atoms with Gasteiger partial charge in [0.05, 0.1) is 11.3 Å². The lowest BCUT2D eigenvalue weighted by molar-refractivity contribution is -0.457. The molecule has 2 rings (SSSR count). The molecule has 5 heteroatoms. The molecule has 2 unspecified atom stereocenters. The molecule has 0 amide bonds. The van der Waals surface area contributed by atoms with Crippen LogP contribution in [-0.4, -0.2) is 11.9 Å². The van der Waals surface area contributed by atoms with Gasteiger partial charge in [0, 0.05) is 5.04 Å². The molecule has 2 atom stereocenters. The minimum atomic E-state index is -0.726. The van der Waals surface area contributed by atoms with E-state index in [1.165, 1.54) is 25.7 Å². The highest BCUT2D eigenvalue weighted by atomic mass is 17.5. The van der Waals surface area contributed by atoms with Crippen LogP contribution in [0, 0.1) is 11.3 Å². The van der Waals surface area contributed by atoms with E-state index in [9.17, 15) is 9.59 Å². The van der Waals surface area contributed by atoms with E-state index in [0.717, 1.165) is 25.7 Å². The van der Waals surface area contributed by atoms with Crippen LogP contribution in [0.3, 0.4) is 0 Å². The number of hydrogen-bond donors (Lipinski definition) is 0. The largest absolute Gasteiger partial charge is 0.353 e. The van der Waals surface area contributed by atoms with Gasteiger partial charge in [-0.1, -0.05) is 58.3 Å². The number of carbonyl (C=O) groups is 2. The van der Waals surface area contributed by atoms with E-state index in [2.05, 4.69) is 21.7 Å². The molecular formula is C16H26O5. The first kappa shape index (κ1) is 16.3. The summed E-state index contributed by atoms with van der Waals surface area (Å²) in [6, 6.07) is 0. The van der Waals surface area contributed by atoms with E-state index in [4.69, 9.17) is 0 Å². The molecule has 0 aromatic carbocycles. The van der Waals surface area contributed by atoms with Crippen LogP contribution in [-0.2, 0) is 24.4 Å². The molecule has 5 nitrogen and oxygen atoms in total. The Labute approximate surface area is 126 Å². The Morgan fingerprint density at radius 1 is 1.05 bits per heavy atom. The zero-order chi connectivity index (χ0) is 15.1. The van der Waals surface area contributed by atoms with Crippen molar-refractivity contribution in [3.8, 4) is 0 Å². The van der Waals surface area contributed by atoms with Gasteiger partial charge in [-0.25, -0.2) is 9.59 Å². The zero-order valence-electron chi connectivity index (χ0n) is 12.9. The van der Waals surface area contributed by atoms with Crippen molar-refractivity contribution in [2.45, 2.75) is 77.6 Å². The fourth-order valence-electron chi connectivity index (χ4n) is 3.67. The molecule has 0 aromatic heterocycles. The second kappa shape index (κ2) is 7.78. The number of carbonyl (C=O) groups excluding carboxylic acids is 2. The van der Waals surface area contributed by atoms with Crippen LogP contribution in [0.25, 0.3) is 0 Å². The summed E-state index contributed by atoms with van der Waals surface area (Å²) in [6.07, 6.45) is 10.9. The maximum absolute atomic E-state index is 12.3. The van der Waals surface area contributed by atoms with Crippen molar-refractivity contribution in [3.63, 3.8) is 0 Å². The average Bonchev–Trinajstić information content (AvgIpc) is 2.61. The smallest absolute Gasteiger partial charge is 0.259 e. The second-order valence-electron chi connectivity index (χ2n) is 6.31. The Hall–Kier alpha value is -1.10. The van der Waals surface area contributed by atoms with Gasteiger partial charge in [0.2, 0.25) is 0 Å². The molecule has 1 aliphatic carbocycles. The lowest BCUT2D eigenvalue weighted by atomic mass is 9.63. The van der Waals surface area contributed by atoms with E-state index in [0.29, 0.717) is 19.3 Å². The van der Waals surface area contributed by atoms with Crippen molar-refractivity contribution in [1.82, 2.24) is 0 Å². The van der Waals surface area contributed by atoms with Crippen LogP contribution in [0.2, 0.25) is 0 Å². The molecule has 2 aliphatic rings. The van der Waals surface area contributed by atoms with Crippen LogP contribution >= 0.6 is 0 Å². The molecule has 0 spiro atoms. The highest BCUT2D eigenvalue weighted by Gasteiger charge is 2.54. The highest BCUT2D eigenvalue weighted by Crippen LogP contribution is 2.48. The van der Waals surface area contributed by atoms with E-state index in [1.807, 2.05) is 0 Å². The van der Waals surface area contributed by atoms with Gasteiger partial charge in [-0.15, -0.1) is 0 Å². The number of rotatable bonds is 7. The fourth-order valence-corrected chi connectivity index (χ4v) is 3.67. The lowest BCUT2D eigenvalue weighted by Gasteiger charge is -2.37. The predicted octanol–water partition coefficient (Wildman–Crippen LogP) is 3.86. The van der Waals surface area contributed by atoms with Crippen LogP contribution in [0.5, 0.6) is 0 Å². The van der Waals surface area contributed by atoms with Gasteiger partial charge in [-0.3, -0.25) is 9.78 Å². The molecule has 0 aromatic rings. The van der Waals surface area contributed by atoms with Crippen LogP contribution in [0.1, 0.15) is 77.6 Å². The molecule has 21 heavy (non-hydrogen) atoms. The third kappa shape index (κ3) is 3.76. The molecule has 120 valence electrons. The monoisotopic (exact) mass is 298 g/mol. The summed E-state index contributed by atoms with van der Waals surface area (Å²) in [6.45, 7) is 2.19. The molecule has 2 fully saturated rings. The maximum Gasteiger partial charge on any atom is 0.353 e. The van der Waals surface area contributed by atoms with E-state index < -0.39 is 23.3 Å². The SMILES string of the molecule is CCCCCCCCC12CCCCC1C(=O)OOOC2=O. The Bertz CT molecular complexity index is 368. The maximum atomic E-state index is 12.3. The number of unbranched alkanes of at least 4 members (excludes halogenated alkanes) is 5. The van der Waals surface area contributed by atoms with Gasteiger partial charge in [-0.2, -0.15) is 0 Å². The Kier molecular flexibility index (Phi) is 6.03. The summed E-state index contributed by atoms with van der Waals surface area (Å²) >= 11 is 0.